The quantitative estimate of drug-likeness (QED) is 0.501. The SMILES string of the molecule is Cc1ccc(S(=O)(=O)NCCNc2ccc(Nc3ccc(C)cn3)nn2)cc1. The van der Waals surface area contributed by atoms with Crippen LogP contribution in [0.3, 0.4) is 0 Å². The standard InChI is InChI=1S/C19H22N6O2S/c1-14-3-6-16(7-4-14)28(26,27)22-12-11-20-18-9-10-19(25-24-18)23-17-8-5-15(2)13-21-17/h3-10,13,22H,11-12H2,1-2H3,(H,20,24)(H,21,23,25). The van der Waals surface area contributed by atoms with Crippen LogP contribution in [0.1, 0.15) is 11.1 Å². The van der Waals surface area contributed by atoms with Gasteiger partial charge in [0.25, 0.3) is 0 Å². The van der Waals surface area contributed by atoms with Gasteiger partial charge in [0.2, 0.25) is 10.0 Å². The highest BCUT2D eigenvalue weighted by molar-refractivity contribution is 7.89. The maximum absolute atomic E-state index is 12.2. The average molecular weight is 398 g/mol. The summed E-state index contributed by atoms with van der Waals surface area (Å²) < 4.78 is 27.0. The van der Waals surface area contributed by atoms with Gasteiger partial charge in [-0.1, -0.05) is 23.8 Å². The second-order valence-electron chi connectivity index (χ2n) is 6.29. The number of sulfonamides is 1. The number of rotatable bonds is 8. The zero-order valence-electron chi connectivity index (χ0n) is 15.7. The minimum atomic E-state index is -3.52. The lowest BCUT2D eigenvalue weighted by molar-refractivity contribution is 0.583. The molecule has 0 fully saturated rings. The molecule has 3 N–H and O–H groups in total. The van der Waals surface area contributed by atoms with Crippen molar-refractivity contribution in [3.63, 3.8) is 0 Å². The molecular weight excluding hydrogens is 376 g/mol. The molecule has 0 saturated heterocycles. The number of hydrogen-bond donors (Lipinski definition) is 3. The summed E-state index contributed by atoms with van der Waals surface area (Å²) in [5.74, 6) is 1.81. The van der Waals surface area contributed by atoms with Crippen molar-refractivity contribution in [2.24, 2.45) is 0 Å². The van der Waals surface area contributed by atoms with Gasteiger partial charge in [0, 0.05) is 19.3 Å². The Hall–Kier alpha value is -3.04. The average Bonchev–Trinajstić information content (AvgIpc) is 2.69. The zero-order chi connectivity index (χ0) is 20.0. The summed E-state index contributed by atoms with van der Waals surface area (Å²) in [7, 11) is -3.52. The number of nitrogens with zero attached hydrogens (tertiary/aromatic N) is 3. The van der Waals surface area contributed by atoms with Crippen molar-refractivity contribution in [2.75, 3.05) is 23.7 Å². The van der Waals surface area contributed by atoms with Crippen LogP contribution in [-0.4, -0.2) is 36.7 Å². The molecule has 3 rings (SSSR count). The molecule has 2 aromatic heterocycles. The van der Waals surface area contributed by atoms with Gasteiger partial charge in [0.15, 0.2) is 5.82 Å². The summed E-state index contributed by atoms with van der Waals surface area (Å²) >= 11 is 0. The minimum absolute atomic E-state index is 0.227. The lowest BCUT2D eigenvalue weighted by Crippen LogP contribution is -2.29. The molecule has 1 aromatic carbocycles. The molecule has 8 nitrogen and oxygen atoms in total. The van der Waals surface area contributed by atoms with Gasteiger partial charge in [-0.05, 0) is 49.7 Å². The predicted molar refractivity (Wildman–Crippen MR) is 109 cm³/mol. The molecule has 0 amide bonds. The third kappa shape index (κ3) is 5.48. The summed E-state index contributed by atoms with van der Waals surface area (Å²) in [4.78, 5) is 4.50. The number of aromatic nitrogens is 3. The van der Waals surface area contributed by atoms with Crippen molar-refractivity contribution in [3.05, 3.63) is 65.9 Å². The van der Waals surface area contributed by atoms with Gasteiger partial charge in [-0.15, -0.1) is 10.2 Å². The van der Waals surface area contributed by atoms with Crippen molar-refractivity contribution in [1.82, 2.24) is 19.9 Å². The van der Waals surface area contributed by atoms with Crippen LogP contribution >= 0.6 is 0 Å². The fourth-order valence-electron chi connectivity index (χ4n) is 2.34. The Morgan fingerprint density at radius 1 is 0.786 bits per heavy atom. The van der Waals surface area contributed by atoms with Crippen LogP contribution in [0.25, 0.3) is 0 Å². The van der Waals surface area contributed by atoms with Crippen molar-refractivity contribution in [2.45, 2.75) is 18.7 Å². The van der Waals surface area contributed by atoms with Crippen molar-refractivity contribution in [3.8, 4) is 0 Å². The van der Waals surface area contributed by atoms with Crippen LogP contribution in [-0.2, 0) is 10.0 Å². The maximum Gasteiger partial charge on any atom is 0.240 e. The van der Waals surface area contributed by atoms with E-state index in [4.69, 9.17) is 0 Å². The first kappa shape index (κ1) is 19.7. The monoisotopic (exact) mass is 398 g/mol. The van der Waals surface area contributed by atoms with E-state index in [0.29, 0.717) is 24.0 Å². The summed E-state index contributed by atoms with van der Waals surface area (Å²) in [6, 6.07) is 14.1. The highest BCUT2D eigenvalue weighted by Gasteiger charge is 2.12. The lowest BCUT2D eigenvalue weighted by atomic mass is 10.2. The van der Waals surface area contributed by atoms with Gasteiger partial charge in [-0.2, -0.15) is 0 Å². The number of nitrogens with one attached hydrogen (secondary N) is 3. The molecule has 3 aromatic rings. The summed E-state index contributed by atoms with van der Waals surface area (Å²) in [5, 5.41) is 14.2. The number of aryl methyl sites for hydroxylation is 2. The van der Waals surface area contributed by atoms with E-state index in [9.17, 15) is 8.42 Å². The molecule has 0 aliphatic rings. The van der Waals surface area contributed by atoms with Gasteiger partial charge in [-0.25, -0.2) is 18.1 Å². The van der Waals surface area contributed by atoms with Crippen molar-refractivity contribution in [1.29, 1.82) is 0 Å². The number of pyridine rings is 1. The summed E-state index contributed by atoms with van der Waals surface area (Å²) in [6.07, 6.45) is 1.77. The Morgan fingerprint density at radius 2 is 1.43 bits per heavy atom. The molecule has 146 valence electrons. The topological polar surface area (TPSA) is 109 Å². The molecule has 28 heavy (non-hydrogen) atoms. The smallest absolute Gasteiger partial charge is 0.240 e. The Bertz CT molecular complexity index is 1000. The third-order valence-electron chi connectivity index (χ3n) is 3.89. The largest absolute Gasteiger partial charge is 0.367 e. The van der Waals surface area contributed by atoms with Crippen LogP contribution in [0.2, 0.25) is 0 Å². The van der Waals surface area contributed by atoms with Crippen LogP contribution < -0.4 is 15.4 Å². The summed E-state index contributed by atoms with van der Waals surface area (Å²) in [5.41, 5.74) is 2.09. The molecule has 0 unspecified atom stereocenters. The molecule has 0 atom stereocenters. The summed E-state index contributed by atoms with van der Waals surface area (Å²) in [6.45, 7) is 4.49. The van der Waals surface area contributed by atoms with Crippen LogP contribution in [0, 0.1) is 13.8 Å². The molecule has 0 radical (unpaired) electrons. The van der Waals surface area contributed by atoms with Gasteiger partial charge in [0.05, 0.1) is 4.90 Å². The highest BCUT2D eigenvalue weighted by atomic mass is 32.2. The van der Waals surface area contributed by atoms with Crippen LogP contribution in [0.15, 0.2) is 59.6 Å². The Kier molecular flexibility index (Phi) is 6.17. The van der Waals surface area contributed by atoms with E-state index in [0.717, 1.165) is 11.1 Å². The fraction of sp³-hybridized carbons (Fsp3) is 0.211. The van der Waals surface area contributed by atoms with Crippen LogP contribution in [0.5, 0.6) is 0 Å². The van der Waals surface area contributed by atoms with Gasteiger partial charge >= 0.3 is 0 Å². The molecule has 0 spiro atoms. The molecule has 2 heterocycles. The fourth-order valence-corrected chi connectivity index (χ4v) is 3.37. The molecule has 0 saturated carbocycles. The van der Waals surface area contributed by atoms with E-state index in [2.05, 4.69) is 30.5 Å². The van der Waals surface area contributed by atoms with Crippen LogP contribution in [0.4, 0.5) is 17.5 Å². The first-order chi connectivity index (χ1) is 13.4. The number of hydrogen-bond acceptors (Lipinski definition) is 7. The molecule has 9 heteroatoms. The van der Waals surface area contributed by atoms with E-state index >= 15 is 0 Å². The first-order valence-electron chi connectivity index (χ1n) is 8.76. The van der Waals surface area contributed by atoms with Gasteiger partial charge in [0.1, 0.15) is 11.6 Å². The number of anilines is 3. The second-order valence-corrected chi connectivity index (χ2v) is 8.05. The lowest BCUT2D eigenvalue weighted by Gasteiger charge is -2.09. The van der Waals surface area contributed by atoms with Crippen molar-refractivity contribution < 1.29 is 8.42 Å². The second kappa shape index (κ2) is 8.77. The predicted octanol–water partition coefficient (Wildman–Crippen LogP) is 2.62. The molecule has 0 aliphatic carbocycles. The van der Waals surface area contributed by atoms with Gasteiger partial charge < -0.3 is 10.6 Å². The van der Waals surface area contributed by atoms with Gasteiger partial charge in [-0.3, -0.25) is 0 Å². The Morgan fingerprint density at radius 3 is 2.07 bits per heavy atom. The Labute approximate surface area is 164 Å². The minimum Gasteiger partial charge on any atom is -0.367 e. The third-order valence-corrected chi connectivity index (χ3v) is 5.36. The Balaban J connectivity index is 1.47. The molecule has 0 bridgehead atoms. The zero-order valence-corrected chi connectivity index (χ0v) is 16.5. The first-order valence-corrected chi connectivity index (χ1v) is 10.2. The molecule has 0 aliphatic heterocycles. The highest BCUT2D eigenvalue weighted by Crippen LogP contribution is 2.13. The normalized spacial score (nSPS) is 11.2. The van der Waals surface area contributed by atoms with E-state index in [-0.39, 0.29) is 11.4 Å². The maximum atomic E-state index is 12.2. The molecular formula is C19H22N6O2S. The van der Waals surface area contributed by atoms with E-state index in [1.165, 1.54) is 0 Å². The van der Waals surface area contributed by atoms with E-state index < -0.39 is 10.0 Å². The van der Waals surface area contributed by atoms with E-state index in [1.807, 2.05) is 26.0 Å². The van der Waals surface area contributed by atoms with Crippen molar-refractivity contribution >= 4 is 27.5 Å². The number of benzene rings is 1. The van der Waals surface area contributed by atoms with E-state index in [1.54, 1.807) is 42.6 Å².